The molecule has 1 aliphatic heterocycles. The van der Waals surface area contributed by atoms with E-state index in [2.05, 4.69) is 0 Å². The zero-order valence-corrected chi connectivity index (χ0v) is 10.4. The molecule has 1 atom stereocenters. The number of nitrogens with one attached hydrogen (secondary N) is 1. The van der Waals surface area contributed by atoms with Crippen LogP contribution in [-0.2, 0) is 4.74 Å². The fourth-order valence-corrected chi connectivity index (χ4v) is 0.968. The van der Waals surface area contributed by atoms with Gasteiger partial charge in [-0.2, -0.15) is 0 Å². The molecule has 0 amide bonds. The predicted octanol–water partition coefficient (Wildman–Crippen LogP) is 1.47. The Balaban J connectivity index is 0.000000640. The minimum Gasteiger partial charge on any atom is -0.677 e. The summed E-state index contributed by atoms with van der Waals surface area (Å²) >= 11 is 0. The number of ether oxygens (including phenoxy) is 1. The Hall–Kier alpha value is 1.01. The van der Waals surface area contributed by atoms with Gasteiger partial charge in [-0.15, -0.1) is 6.54 Å². The summed E-state index contributed by atoms with van der Waals surface area (Å²) < 4.78 is 5.15. The Labute approximate surface area is 81.0 Å². The molecule has 0 bridgehead atoms. The summed E-state index contributed by atoms with van der Waals surface area (Å²) in [5.41, 5.74) is 7.02. The summed E-state index contributed by atoms with van der Waals surface area (Å²) in [6, 6.07) is 0. The zero-order chi connectivity index (χ0) is 5.82. The molecule has 1 radical (unpaired) electrons. The smallest absolute Gasteiger partial charge is 0.0477 e. The molecule has 2 nitrogen and oxygen atoms in total. The zero-order valence-electron chi connectivity index (χ0n) is 5.60. The second-order valence-corrected chi connectivity index (χ2v) is 2.29. The van der Waals surface area contributed by atoms with Crippen molar-refractivity contribution < 1.29 is 37.0 Å². The minimum absolute atomic E-state index is 0. The molecule has 51 valence electrons. The van der Waals surface area contributed by atoms with E-state index in [0.717, 1.165) is 19.6 Å². The Bertz CT molecular complexity index is 64.1. The maximum absolute atomic E-state index is 7.02. The van der Waals surface area contributed by atoms with E-state index in [0.29, 0.717) is 12.5 Å². The van der Waals surface area contributed by atoms with E-state index in [9.17, 15) is 0 Å². The maximum atomic E-state index is 7.02. The first-order valence-corrected chi connectivity index (χ1v) is 3.16. The number of hydrogen-bond acceptors (Lipinski definition) is 1. The molecule has 1 saturated heterocycles. The van der Waals surface area contributed by atoms with E-state index >= 15 is 0 Å². The van der Waals surface area contributed by atoms with Crippen LogP contribution >= 0.6 is 0 Å². The van der Waals surface area contributed by atoms with Crippen LogP contribution in [0.5, 0.6) is 0 Å². The van der Waals surface area contributed by atoms with E-state index in [1.807, 2.05) is 0 Å². The van der Waals surface area contributed by atoms with Gasteiger partial charge in [0.2, 0.25) is 0 Å². The Morgan fingerprint density at radius 3 is 2.67 bits per heavy atom. The molecule has 0 spiro atoms. The molecule has 1 aliphatic rings. The monoisotopic (exact) mass is 345 g/mol. The third-order valence-electron chi connectivity index (χ3n) is 1.54. The molecule has 1 heterocycles. The SMILES string of the molecule is [NH-]CC1CCCOC1.[Pa]. The van der Waals surface area contributed by atoms with Crippen molar-refractivity contribution >= 4 is 0 Å². The molecule has 3 heteroatoms. The van der Waals surface area contributed by atoms with Crippen molar-refractivity contribution in [2.24, 2.45) is 5.92 Å². The van der Waals surface area contributed by atoms with Crippen molar-refractivity contribution in [3.05, 3.63) is 5.73 Å². The first-order valence-electron chi connectivity index (χ1n) is 3.16. The van der Waals surface area contributed by atoms with Crippen LogP contribution in [0.25, 0.3) is 5.73 Å². The molecular weight excluding hydrogens is 333 g/mol. The summed E-state index contributed by atoms with van der Waals surface area (Å²) in [5, 5.41) is 0. The average molecular weight is 345 g/mol. The van der Waals surface area contributed by atoms with E-state index in [4.69, 9.17) is 10.5 Å². The van der Waals surface area contributed by atoms with Crippen molar-refractivity contribution in [1.29, 1.82) is 0 Å². The fourth-order valence-electron chi connectivity index (χ4n) is 0.968. The van der Waals surface area contributed by atoms with Crippen LogP contribution < -0.4 is 0 Å². The summed E-state index contributed by atoms with van der Waals surface area (Å²) in [4.78, 5) is 0. The van der Waals surface area contributed by atoms with Gasteiger partial charge >= 0.3 is 0 Å². The fraction of sp³-hybridized carbons (Fsp3) is 1.00. The van der Waals surface area contributed by atoms with Gasteiger partial charge in [0.25, 0.3) is 0 Å². The first kappa shape index (κ1) is 10.0. The van der Waals surface area contributed by atoms with Crippen LogP contribution in [0.15, 0.2) is 0 Å². The Morgan fingerprint density at radius 2 is 2.33 bits per heavy atom. The van der Waals surface area contributed by atoms with E-state index in [-0.39, 0.29) is 32.3 Å². The first-order chi connectivity index (χ1) is 3.93. The van der Waals surface area contributed by atoms with Crippen molar-refractivity contribution in [1.82, 2.24) is 0 Å². The van der Waals surface area contributed by atoms with Crippen molar-refractivity contribution in [3.63, 3.8) is 0 Å². The van der Waals surface area contributed by atoms with Crippen LogP contribution in [0.3, 0.4) is 0 Å². The van der Waals surface area contributed by atoms with Crippen LogP contribution in [0.1, 0.15) is 12.8 Å². The second kappa shape index (κ2) is 5.77. The molecule has 1 unspecified atom stereocenters. The molecule has 0 saturated carbocycles. The van der Waals surface area contributed by atoms with Gasteiger partial charge in [-0.25, -0.2) is 0 Å². The van der Waals surface area contributed by atoms with Crippen molar-refractivity contribution in [2.75, 3.05) is 19.8 Å². The van der Waals surface area contributed by atoms with Gasteiger partial charge in [0.15, 0.2) is 0 Å². The predicted molar refractivity (Wildman–Crippen MR) is 32.7 cm³/mol. The standard InChI is InChI=1S/C6H12NO.Pa/c7-4-6-2-1-3-8-5-6;/h6-7H,1-5H2;/q-1;. The molecule has 1 N–H and O–H groups in total. The third-order valence-corrected chi connectivity index (χ3v) is 1.54. The van der Waals surface area contributed by atoms with Crippen LogP contribution in [-0.4, -0.2) is 19.8 Å². The summed E-state index contributed by atoms with van der Waals surface area (Å²) in [6.45, 7) is 2.28. The van der Waals surface area contributed by atoms with Crippen LogP contribution in [0.2, 0.25) is 0 Å². The van der Waals surface area contributed by atoms with Gasteiger partial charge in [-0.1, -0.05) is 0 Å². The largest absolute Gasteiger partial charge is 0.677 e. The minimum atomic E-state index is 0. The Morgan fingerprint density at radius 1 is 1.56 bits per heavy atom. The quantitative estimate of drug-likeness (QED) is 0.709. The second-order valence-electron chi connectivity index (χ2n) is 2.29. The van der Waals surface area contributed by atoms with Crippen LogP contribution in [0.4, 0.5) is 0 Å². The topological polar surface area (TPSA) is 33.0 Å². The van der Waals surface area contributed by atoms with Gasteiger partial charge in [0.1, 0.15) is 0 Å². The molecule has 0 aromatic carbocycles. The van der Waals surface area contributed by atoms with E-state index in [1.54, 1.807) is 0 Å². The number of hydrogen-bond donors (Lipinski definition) is 0. The summed E-state index contributed by atoms with van der Waals surface area (Å²) in [7, 11) is 0. The molecule has 1 fully saturated rings. The Kier molecular flexibility index (Phi) is 6.42. The van der Waals surface area contributed by atoms with Gasteiger partial charge in [0, 0.05) is 45.5 Å². The van der Waals surface area contributed by atoms with E-state index in [1.165, 1.54) is 6.42 Å². The maximum Gasteiger partial charge on any atom is 0.0477 e. The van der Waals surface area contributed by atoms with Gasteiger partial charge < -0.3 is 10.5 Å². The van der Waals surface area contributed by atoms with Gasteiger partial charge in [-0.3, -0.25) is 0 Å². The van der Waals surface area contributed by atoms with Gasteiger partial charge in [0.05, 0.1) is 0 Å². The van der Waals surface area contributed by atoms with Crippen molar-refractivity contribution in [2.45, 2.75) is 12.8 Å². The molecular formula is C6H12NOPa-. The van der Waals surface area contributed by atoms with Crippen molar-refractivity contribution in [3.8, 4) is 0 Å². The normalized spacial score (nSPS) is 27.0. The van der Waals surface area contributed by atoms with Crippen LogP contribution in [0, 0.1) is 38.2 Å². The summed E-state index contributed by atoms with van der Waals surface area (Å²) in [6.07, 6.45) is 2.35. The van der Waals surface area contributed by atoms with Gasteiger partial charge in [-0.05, 0) is 18.8 Å². The molecule has 0 aromatic rings. The summed E-state index contributed by atoms with van der Waals surface area (Å²) in [5.74, 6) is 0.531. The average Bonchev–Trinajstić information content (AvgIpc) is 1.90. The number of rotatable bonds is 1. The molecule has 1 rings (SSSR count). The molecule has 0 aliphatic carbocycles. The molecule has 0 aromatic heterocycles. The van der Waals surface area contributed by atoms with E-state index < -0.39 is 0 Å². The third kappa shape index (κ3) is 3.65. The molecule has 9 heavy (non-hydrogen) atoms.